The number of alkyl halides is 3. The summed E-state index contributed by atoms with van der Waals surface area (Å²) in [5.41, 5.74) is 0. The van der Waals surface area contributed by atoms with Gasteiger partial charge in [0.1, 0.15) is 0 Å². The second-order valence-electron chi connectivity index (χ2n) is 2.61. The number of nitrogens with zero attached hydrogens (tertiary/aromatic N) is 1. The minimum Gasteiger partial charge on any atom is -0.395 e. The lowest BCUT2D eigenvalue weighted by molar-refractivity contribution is -0.325. The normalized spacial score (nSPS) is 12.1. The molecule has 6 heteroatoms. The third-order valence-corrected chi connectivity index (χ3v) is 1.48. The highest BCUT2D eigenvalue weighted by atomic mass is 19.4. The zero-order valence-electron chi connectivity index (χ0n) is 7.76. The van der Waals surface area contributed by atoms with Crippen molar-refractivity contribution in [2.45, 2.75) is 6.36 Å². The molecule has 0 aromatic rings. The van der Waals surface area contributed by atoms with E-state index in [2.05, 4.69) is 11.3 Å². The minimum atomic E-state index is -4.58. The van der Waals surface area contributed by atoms with Crippen molar-refractivity contribution in [3.05, 3.63) is 12.7 Å². The van der Waals surface area contributed by atoms with Crippen LogP contribution in [-0.2, 0) is 4.74 Å². The van der Waals surface area contributed by atoms with Crippen molar-refractivity contribution in [2.75, 3.05) is 32.8 Å². The van der Waals surface area contributed by atoms with Gasteiger partial charge in [-0.15, -0.1) is 19.8 Å². The molecule has 14 heavy (non-hydrogen) atoms. The molecule has 0 aliphatic heterocycles. The van der Waals surface area contributed by atoms with E-state index in [0.717, 1.165) is 0 Å². The lowest BCUT2D eigenvalue weighted by Gasteiger charge is -2.19. The van der Waals surface area contributed by atoms with Crippen molar-refractivity contribution in [2.24, 2.45) is 0 Å². The van der Waals surface area contributed by atoms with Gasteiger partial charge in [-0.1, -0.05) is 6.08 Å². The van der Waals surface area contributed by atoms with Gasteiger partial charge < -0.3 is 5.11 Å². The Balaban J connectivity index is 3.65. The van der Waals surface area contributed by atoms with E-state index in [1.165, 1.54) is 0 Å². The van der Waals surface area contributed by atoms with Crippen LogP contribution in [0.2, 0.25) is 0 Å². The quantitative estimate of drug-likeness (QED) is 0.640. The summed E-state index contributed by atoms with van der Waals surface area (Å²) in [6.45, 7) is 3.78. The van der Waals surface area contributed by atoms with Crippen LogP contribution < -0.4 is 0 Å². The maximum Gasteiger partial charge on any atom is 0.522 e. The van der Waals surface area contributed by atoms with Crippen LogP contribution in [0.5, 0.6) is 0 Å². The van der Waals surface area contributed by atoms with Gasteiger partial charge in [-0.05, 0) is 0 Å². The minimum absolute atomic E-state index is 0.0974. The Bertz CT molecular complexity index is 161. The van der Waals surface area contributed by atoms with Crippen LogP contribution in [-0.4, -0.2) is 49.2 Å². The molecular formula is C8H14F3NO2. The van der Waals surface area contributed by atoms with E-state index in [1.54, 1.807) is 11.0 Å². The molecule has 84 valence electrons. The molecule has 0 heterocycles. The number of aliphatic hydroxyl groups excluding tert-OH is 1. The molecule has 0 amide bonds. The van der Waals surface area contributed by atoms with Gasteiger partial charge >= 0.3 is 6.36 Å². The molecule has 0 fully saturated rings. The lowest BCUT2D eigenvalue weighted by atomic mass is 10.4. The van der Waals surface area contributed by atoms with Crippen LogP contribution >= 0.6 is 0 Å². The van der Waals surface area contributed by atoms with E-state index >= 15 is 0 Å². The zero-order valence-corrected chi connectivity index (χ0v) is 7.76. The molecule has 0 aromatic heterocycles. The Morgan fingerprint density at radius 3 is 2.43 bits per heavy atom. The standard InChI is InChI=1S/C8H14F3NO2/c1-2-3-12(4-6-13)5-7-14-8(9,10)11/h2,13H,1,3-7H2. The van der Waals surface area contributed by atoms with Gasteiger partial charge in [0.2, 0.25) is 0 Å². The first-order valence-electron chi connectivity index (χ1n) is 4.14. The van der Waals surface area contributed by atoms with Crippen molar-refractivity contribution >= 4 is 0 Å². The SMILES string of the molecule is C=CCN(CCO)CCOC(F)(F)F. The van der Waals surface area contributed by atoms with Crippen LogP contribution in [0.4, 0.5) is 13.2 Å². The monoisotopic (exact) mass is 213 g/mol. The van der Waals surface area contributed by atoms with Crippen molar-refractivity contribution in [1.29, 1.82) is 0 Å². The topological polar surface area (TPSA) is 32.7 Å². The summed E-state index contributed by atoms with van der Waals surface area (Å²) in [6.07, 6.45) is -3.03. The van der Waals surface area contributed by atoms with Gasteiger partial charge in [-0.2, -0.15) is 0 Å². The van der Waals surface area contributed by atoms with Crippen LogP contribution in [0.1, 0.15) is 0 Å². The maximum absolute atomic E-state index is 11.6. The van der Waals surface area contributed by atoms with E-state index in [-0.39, 0.29) is 13.2 Å². The van der Waals surface area contributed by atoms with Crippen LogP contribution in [0.3, 0.4) is 0 Å². The average Bonchev–Trinajstić information content (AvgIpc) is 2.02. The highest BCUT2D eigenvalue weighted by Gasteiger charge is 2.28. The van der Waals surface area contributed by atoms with E-state index in [0.29, 0.717) is 13.1 Å². The number of aliphatic hydroxyl groups is 1. The first-order valence-corrected chi connectivity index (χ1v) is 4.14. The number of halogens is 3. The highest BCUT2D eigenvalue weighted by molar-refractivity contribution is 4.73. The number of hydrogen-bond donors (Lipinski definition) is 1. The number of ether oxygens (including phenoxy) is 1. The number of hydrogen-bond acceptors (Lipinski definition) is 3. The van der Waals surface area contributed by atoms with E-state index < -0.39 is 13.0 Å². The van der Waals surface area contributed by atoms with Crippen molar-refractivity contribution in [3.8, 4) is 0 Å². The maximum atomic E-state index is 11.6. The molecule has 0 unspecified atom stereocenters. The third kappa shape index (κ3) is 8.03. The zero-order chi connectivity index (χ0) is 11.0. The predicted molar refractivity (Wildman–Crippen MR) is 45.7 cm³/mol. The van der Waals surface area contributed by atoms with Crippen LogP contribution in [0.15, 0.2) is 12.7 Å². The molecule has 0 radical (unpaired) electrons. The first kappa shape index (κ1) is 13.4. The molecule has 0 spiro atoms. The molecule has 0 saturated carbocycles. The Morgan fingerprint density at radius 1 is 1.36 bits per heavy atom. The Labute approximate surface area is 80.8 Å². The second kappa shape index (κ2) is 6.80. The Morgan fingerprint density at radius 2 is 2.00 bits per heavy atom. The first-order chi connectivity index (χ1) is 6.49. The molecule has 1 N–H and O–H groups in total. The molecule has 0 aromatic carbocycles. The summed E-state index contributed by atoms with van der Waals surface area (Å²) >= 11 is 0. The Kier molecular flexibility index (Phi) is 6.52. The second-order valence-corrected chi connectivity index (χ2v) is 2.61. The highest BCUT2D eigenvalue weighted by Crippen LogP contribution is 2.15. The molecule has 0 rings (SSSR count). The summed E-state index contributed by atoms with van der Waals surface area (Å²) in [4.78, 5) is 1.61. The molecule has 0 aliphatic carbocycles. The largest absolute Gasteiger partial charge is 0.522 e. The smallest absolute Gasteiger partial charge is 0.395 e. The summed E-state index contributed by atoms with van der Waals surface area (Å²) in [5.74, 6) is 0. The fraction of sp³-hybridized carbons (Fsp3) is 0.750. The number of rotatable bonds is 7. The third-order valence-electron chi connectivity index (χ3n) is 1.48. The summed E-state index contributed by atoms with van der Waals surface area (Å²) in [7, 11) is 0. The summed E-state index contributed by atoms with van der Waals surface area (Å²) in [6, 6.07) is 0. The molecule has 3 nitrogen and oxygen atoms in total. The van der Waals surface area contributed by atoms with Crippen LogP contribution in [0.25, 0.3) is 0 Å². The Hall–Kier alpha value is -0.590. The average molecular weight is 213 g/mol. The van der Waals surface area contributed by atoms with Crippen LogP contribution in [0, 0.1) is 0 Å². The summed E-state index contributed by atoms with van der Waals surface area (Å²) < 4.78 is 38.3. The van der Waals surface area contributed by atoms with Gasteiger partial charge in [0.25, 0.3) is 0 Å². The van der Waals surface area contributed by atoms with Gasteiger partial charge in [0.15, 0.2) is 0 Å². The van der Waals surface area contributed by atoms with Gasteiger partial charge in [-0.25, -0.2) is 0 Å². The van der Waals surface area contributed by atoms with E-state index in [9.17, 15) is 13.2 Å². The van der Waals surface area contributed by atoms with Crippen molar-refractivity contribution in [1.82, 2.24) is 4.90 Å². The van der Waals surface area contributed by atoms with E-state index in [4.69, 9.17) is 5.11 Å². The molecule has 0 saturated heterocycles. The molecule has 0 bridgehead atoms. The fourth-order valence-corrected chi connectivity index (χ4v) is 0.909. The van der Waals surface area contributed by atoms with E-state index in [1.807, 2.05) is 0 Å². The summed E-state index contributed by atoms with van der Waals surface area (Å²) in [5, 5.41) is 8.58. The van der Waals surface area contributed by atoms with Crippen molar-refractivity contribution < 1.29 is 23.0 Å². The molecule has 0 aliphatic rings. The predicted octanol–water partition coefficient (Wildman–Crippen LogP) is 1.00. The lowest BCUT2D eigenvalue weighted by Crippen LogP contribution is -2.32. The van der Waals surface area contributed by atoms with Crippen molar-refractivity contribution in [3.63, 3.8) is 0 Å². The van der Waals surface area contributed by atoms with Gasteiger partial charge in [0, 0.05) is 19.6 Å². The molecular weight excluding hydrogens is 199 g/mol. The fourth-order valence-electron chi connectivity index (χ4n) is 0.909. The molecule has 0 atom stereocenters. The van der Waals surface area contributed by atoms with Gasteiger partial charge in [-0.3, -0.25) is 9.64 Å². The van der Waals surface area contributed by atoms with Gasteiger partial charge in [0.05, 0.1) is 13.2 Å².